The van der Waals surface area contributed by atoms with Gasteiger partial charge in [-0.3, -0.25) is 4.79 Å². The number of nitrogens with one attached hydrogen (secondary N) is 2. The van der Waals surface area contributed by atoms with E-state index in [1.54, 1.807) is 18.2 Å². The van der Waals surface area contributed by atoms with E-state index in [9.17, 15) is 10.1 Å². The van der Waals surface area contributed by atoms with E-state index in [1.807, 2.05) is 30.3 Å². The molecule has 146 valence electrons. The topological polar surface area (TPSA) is 83.4 Å². The molecule has 0 unspecified atom stereocenters. The molecule has 0 aliphatic heterocycles. The lowest BCUT2D eigenvalue weighted by atomic mass is 9.87. The van der Waals surface area contributed by atoms with Gasteiger partial charge in [0.1, 0.15) is 11.6 Å². The second-order valence-corrected chi connectivity index (χ2v) is 7.17. The molecule has 1 amide bonds. The molecule has 0 bridgehead atoms. The zero-order valence-corrected chi connectivity index (χ0v) is 16.8. The molecule has 0 atom stereocenters. The molecule has 0 radical (unpaired) electrons. The first-order valence-corrected chi connectivity index (χ1v) is 8.79. The van der Waals surface area contributed by atoms with Crippen LogP contribution in [-0.4, -0.2) is 20.1 Å². The van der Waals surface area contributed by atoms with E-state index >= 15 is 0 Å². The van der Waals surface area contributed by atoms with Crippen molar-refractivity contribution in [2.75, 3.05) is 24.9 Å². The molecule has 0 aromatic heterocycles. The molecular formula is C22H25N3O3. The summed E-state index contributed by atoms with van der Waals surface area (Å²) in [6.45, 7) is 6.42. The second-order valence-electron chi connectivity index (χ2n) is 7.17. The van der Waals surface area contributed by atoms with Gasteiger partial charge in [-0.15, -0.1) is 0 Å². The number of ether oxygens (including phenoxy) is 2. The third kappa shape index (κ3) is 5.27. The van der Waals surface area contributed by atoms with E-state index in [2.05, 4.69) is 31.4 Å². The average Bonchev–Trinajstić information content (AvgIpc) is 2.68. The summed E-state index contributed by atoms with van der Waals surface area (Å²) in [6, 6.07) is 14.8. The number of carbonyl (C=O) groups is 1. The van der Waals surface area contributed by atoms with E-state index in [-0.39, 0.29) is 11.0 Å². The Balaban J connectivity index is 2.10. The van der Waals surface area contributed by atoms with Crippen molar-refractivity contribution in [3.05, 3.63) is 59.8 Å². The minimum Gasteiger partial charge on any atom is -0.493 e. The van der Waals surface area contributed by atoms with Gasteiger partial charge in [-0.05, 0) is 35.2 Å². The van der Waals surface area contributed by atoms with E-state index in [0.29, 0.717) is 17.2 Å². The smallest absolute Gasteiger partial charge is 0.267 e. The summed E-state index contributed by atoms with van der Waals surface area (Å²) >= 11 is 0. The lowest BCUT2D eigenvalue weighted by Crippen LogP contribution is -2.14. The number of anilines is 2. The summed E-state index contributed by atoms with van der Waals surface area (Å²) < 4.78 is 10.4. The third-order valence-corrected chi connectivity index (χ3v) is 4.14. The highest BCUT2D eigenvalue weighted by molar-refractivity contribution is 6.06. The maximum atomic E-state index is 12.4. The van der Waals surface area contributed by atoms with Gasteiger partial charge in [-0.1, -0.05) is 32.9 Å². The van der Waals surface area contributed by atoms with Gasteiger partial charge < -0.3 is 20.1 Å². The van der Waals surface area contributed by atoms with Crippen LogP contribution in [-0.2, 0) is 10.2 Å². The van der Waals surface area contributed by atoms with Gasteiger partial charge >= 0.3 is 0 Å². The molecule has 0 spiro atoms. The molecule has 0 saturated carbocycles. The van der Waals surface area contributed by atoms with Crippen molar-refractivity contribution >= 4 is 17.3 Å². The molecule has 0 aliphatic carbocycles. The Hall–Kier alpha value is -3.46. The zero-order chi connectivity index (χ0) is 20.7. The van der Waals surface area contributed by atoms with Crippen LogP contribution in [0.15, 0.2) is 54.2 Å². The first kappa shape index (κ1) is 20.8. The average molecular weight is 379 g/mol. The molecule has 2 aromatic rings. The number of amides is 1. The van der Waals surface area contributed by atoms with Gasteiger partial charge in [0.25, 0.3) is 5.91 Å². The zero-order valence-electron chi connectivity index (χ0n) is 16.8. The van der Waals surface area contributed by atoms with Gasteiger partial charge in [0.15, 0.2) is 11.5 Å². The molecule has 6 heteroatoms. The predicted octanol–water partition coefficient (Wildman–Crippen LogP) is 4.46. The highest BCUT2D eigenvalue weighted by Gasteiger charge is 2.13. The first-order chi connectivity index (χ1) is 13.3. The maximum absolute atomic E-state index is 12.4. The van der Waals surface area contributed by atoms with Crippen LogP contribution in [0.1, 0.15) is 26.3 Å². The highest BCUT2D eigenvalue weighted by Crippen LogP contribution is 2.30. The Morgan fingerprint density at radius 2 is 1.61 bits per heavy atom. The number of nitriles is 1. The Labute approximate surface area is 165 Å². The normalized spacial score (nSPS) is 11.4. The van der Waals surface area contributed by atoms with Gasteiger partial charge in [0.05, 0.1) is 14.2 Å². The van der Waals surface area contributed by atoms with Gasteiger partial charge in [-0.2, -0.15) is 5.26 Å². The maximum Gasteiger partial charge on any atom is 0.267 e. The lowest BCUT2D eigenvalue weighted by molar-refractivity contribution is -0.112. The summed E-state index contributed by atoms with van der Waals surface area (Å²) in [5.41, 5.74) is 2.51. The fourth-order valence-electron chi connectivity index (χ4n) is 2.48. The fourth-order valence-corrected chi connectivity index (χ4v) is 2.48. The third-order valence-electron chi connectivity index (χ3n) is 4.14. The van der Waals surface area contributed by atoms with Crippen molar-refractivity contribution in [1.29, 1.82) is 5.26 Å². The standard InChI is InChI=1S/C22H25N3O3/c1-22(2,3)16-6-8-17(9-7-16)24-14-15(13-23)21(26)25-18-10-11-19(27-4)20(12-18)28-5/h6-12,14,24H,1-5H3,(H,25,26)/b15-14-. The van der Waals surface area contributed by atoms with Crippen LogP contribution in [0, 0.1) is 11.3 Å². The first-order valence-electron chi connectivity index (χ1n) is 8.79. The van der Waals surface area contributed by atoms with Gasteiger partial charge in [0, 0.05) is 23.6 Å². The monoisotopic (exact) mass is 379 g/mol. The van der Waals surface area contributed by atoms with E-state index < -0.39 is 5.91 Å². The van der Waals surface area contributed by atoms with E-state index in [0.717, 1.165) is 5.69 Å². The number of methoxy groups -OCH3 is 2. The van der Waals surface area contributed by atoms with Gasteiger partial charge in [0.2, 0.25) is 0 Å². The number of hydrogen-bond acceptors (Lipinski definition) is 5. The molecule has 0 aliphatic rings. The molecular weight excluding hydrogens is 354 g/mol. The van der Waals surface area contributed by atoms with Crippen molar-refractivity contribution in [1.82, 2.24) is 0 Å². The predicted molar refractivity (Wildman–Crippen MR) is 111 cm³/mol. The van der Waals surface area contributed by atoms with Crippen LogP contribution in [0.25, 0.3) is 0 Å². The van der Waals surface area contributed by atoms with E-state index in [4.69, 9.17) is 9.47 Å². The number of rotatable bonds is 6. The molecule has 2 rings (SSSR count). The fraction of sp³-hybridized carbons (Fsp3) is 0.273. The summed E-state index contributed by atoms with van der Waals surface area (Å²) in [5.74, 6) is 0.519. The molecule has 0 saturated heterocycles. The van der Waals surface area contributed by atoms with Crippen LogP contribution in [0.3, 0.4) is 0 Å². The van der Waals surface area contributed by atoms with Crippen molar-refractivity contribution in [2.45, 2.75) is 26.2 Å². The van der Waals surface area contributed by atoms with Crippen LogP contribution in [0.4, 0.5) is 11.4 Å². The van der Waals surface area contributed by atoms with Crippen molar-refractivity contribution in [2.24, 2.45) is 0 Å². The largest absolute Gasteiger partial charge is 0.493 e. The molecule has 6 nitrogen and oxygen atoms in total. The molecule has 0 fully saturated rings. The molecule has 0 heterocycles. The van der Waals surface area contributed by atoms with Crippen LogP contribution in [0.2, 0.25) is 0 Å². The Morgan fingerprint density at radius 1 is 1.00 bits per heavy atom. The lowest BCUT2D eigenvalue weighted by Gasteiger charge is -2.19. The second kappa shape index (κ2) is 8.96. The van der Waals surface area contributed by atoms with Crippen molar-refractivity contribution in [3.63, 3.8) is 0 Å². The molecule has 2 N–H and O–H groups in total. The number of carbonyl (C=O) groups excluding carboxylic acids is 1. The Morgan fingerprint density at radius 3 is 2.14 bits per heavy atom. The summed E-state index contributed by atoms with van der Waals surface area (Å²) in [6.07, 6.45) is 1.39. The summed E-state index contributed by atoms with van der Waals surface area (Å²) in [7, 11) is 3.05. The van der Waals surface area contributed by atoms with Gasteiger partial charge in [-0.25, -0.2) is 0 Å². The molecule has 2 aromatic carbocycles. The van der Waals surface area contributed by atoms with Crippen LogP contribution >= 0.6 is 0 Å². The van der Waals surface area contributed by atoms with Crippen LogP contribution in [0.5, 0.6) is 11.5 Å². The number of nitrogens with zero attached hydrogens (tertiary/aromatic N) is 1. The summed E-state index contributed by atoms with van der Waals surface area (Å²) in [4.78, 5) is 12.4. The number of hydrogen-bond donors (Lipinski definition) is 2. The minimum absolute atomic E-state index is 0.0466. The van der Waals surface area contributed by atoms with Crippen molar-refractivity contribution < 1.29 is 14.3 Å². The van der Waals surface area contributed by atoms with E-state index in [1.165, 1.54) is 26.0 Å². The minimum atomic E-state index is -0.520. The van der Waals surface area contributed by atoms with Crippen LogP contribution < -0.4 is 20.1 Å². The Bertz CT molecular complexity index is 904. The highest BCUT2D eigenvalue weighted by atomic mass is 16.5. The Kier molecular flexibility index (Phi) is 6.67. The molecule has 28 heavy (non-hydrogen) atoms. The SMILES string of the molecule is COc1ccc(NC(=O)/C(C#N)=C\Nc2ccc(C(C)(C)C)cc2)cc1OC. The summed E-state index contributed by atoms with van der Waals surface area (Å²) in [5, 5.41) is 15.0. The van der Waals surface area contributed by atoms with Crippen molar-refractivity contribution in [3.8, 4) is 17.6 Å². The quantitative estimate of drug-likeness (QED) is 0.572. The number of benzene rings is 2.